The van der Waals surface area contributed by atoms with E-state index in [1.54, 1.807) is 0 Å². The molecule has 0 spiro atoms. The fourth-order valence-electron chi connectivity index (χ4n) is 3.76. The molecule has 4 N–H and O–H groups in total. The van der Waals surface area contributed by atoms with Crippen molar-refractivity contribution in [2.75, 3.05) is 11.5 Å². The summed E-state index contributed by atoms with van der Waals surface area (Å²) >= 11 is 0. The van der Waals surface area contributed by atoms with Crippen LogP contribution in [0, 0.1) is 13.8 Å². The second-order valence-electron chi connectivity index (χ2n) is 8.97. The topological polar surface area (TPSA) is 52.0 Å². The molecule has 2 nitrogen and oxygen atoms in total. The molecule has 0 amide bonds. The zero-order chi connectivity index (χ0) is 20.7. The first-order valence-corrected chi connectivity index (χ1v) is 9.87. The Hall–Kier alpha value is -2.74. The summed E-state index contributed by atoms with van der Waals surface area (Å²) in [6.45, 7) is 13.2. The van der Waals surface area contributed by atoms with Crippen LogP contribution in [0.25, 0.3) is 0 Å². The van der Waals surface area contributed by atoms with Crippen LogP contribution in [-0.2, 0) is 10.8 Å². The van der Waals surface area contributed by atoms with Crippen LogP contribution in [-0.4, -0.2) is 0 Å². The Morgan fingerprint density at radius 1 is 0.536 bits per heavy atom. The van der Waals surface area contributed by atoms with Crippen LogP contribution >= 0.6 is 0 Å². The van der Waals surface area contributed by atoms with Gasteiger partial charge in [-0.25, -0.2) is 0 Å². The molecule has 0 heterocycles. The van der Waals surface area contributed by atoms with E-state index >= 15 is 0 Å². The summed E-state index contributed by atoms with van der Waals surface area (Å²) in [4.78, 5) is 0. The molecule has 0 fully saturated rings. The maximum Gasteiger partial charge on any atom is 0.0343 e. The third-order valence-electron chi connectivity index (χ3n) is 6.29. The molecule has 146 valence electrons. The van der Waals surface area contributed by atoms with Gasteiger partial charge in [-0.1, -0.05) is 76.2 Å². The molecule has 2 heteroatoms. The Kier molecular flexibility index (Phi) is 5.01. The van der Waals surface area contributed by atoms with E-state index in [2.05, 4.69) is 90.1 Å². The number of hydrogen-bond donors (Lipinski definition) is 2. The molecular formula is C26H32N2. The second kappa shape index (κ2) is 7.01. The number of hydrogen-bond acceptors (Lipinski definition) is 2. The number of benzene rings is 3. The van der Waals surface area contributed by atoms with Gasteiger partial charge in [-0.3, -0.25) is 0 Å². The molecule has 3 aromatic rings. The molecule has 3 aromatic carbocycles. The first-order chi connectivity index (χ1) is 13.0. The van der Waals surface area contributed by atoms with Crippen molar-refractivity contribution in [1.29, 1.82) is 0 Å². The Morgan fingerprint density at radius 3 is 1.25 bits per heavy atom. The Bertz CT molecular complexity index is 934. The lowest BCUT2D eigenvalue weighted by atomic mass is 9.73. The average Bonchev–Trinajstić information content (AvgIpc) is 2.66. The first kappa shape index (κ1) is 20.0. The number of nitrogens with two attached hydrogens (primary N) is 2. The normalized spacial score (nSPS) is 12.2. The summed E-state index contributed by atoms with van der Waals surface area (Å²) in [5.74, 6) is 0. The van der Waals surface area contributed by atoms with Crippen molar-refractivity contribution in [3.05, 3.63) is 94.0 Å². The maximum absolute atomic E-state index is 6.03. The van der Waals surface area contributed by atoms with Gasteiger partial charge < -0.3 is 11.5 Å². The van der Waals surface area contributed by atoms with Gasteiger partial charge in [-0.2, -0.15) is 0 Å². The van der Waals surface area contributed by atoms with E-state index in [-0.39, 0.29) is 10.8 Å². The summed E-state index contributed by atoms with van der Waals surface area (Å²) in [5.41, 5.74) is 20.9. The third-order valence-corrected chi connectivity index (χ3v) is 6.29. The zero-order valence-electron chi connectivity index (χ0n) is 17.9. The smallest absolute Gasteiger partial charge is 0.0343 e. The monoisotopic (exact) mass is 372 g/mol. The van der Waals surface area contributed by atoms with E-state index in [1.165, 1.54) is 22.3 Å². The lowest BCUT2D eigenvalue weighted by Crippen LogP contribution is -2.23. The zero-order valence-corrected chi connectivity index (χ0v) is 17.9. The van der Waals surface area contributed by atoms with Crippen LogP contribution in [0.15, 0.2) is 60.7 Å². The minimum atomic E-state index is -0.110. The minimum absolute atomic E-state index is 0.110. The fourth-order valence-corrected chi connectivity index (χ4v) is 3.76. The molecule has 28 heavy (non-hydrogen) atoms. The third kappa shape index (κ3) is 3.52. The van der Waals surface area contributed by atoms with Crippen LogP contribution in [0.4, 0.5) is 11.4 Å². The second-order valence-corrected chi connectivity index (χ2v) is 8.97. The van der Waals surface area contributed by atoms with Crippen molar-refractivity contribution in [3.8, 4) is 0 Å². The molecular weight excluding hydrogens is 340 g/mol. The van der Waals surface area contributed by atoms with Crippen LogP contribution in [0.5, 0.6) is 0 Å². The molecule has 0 bridgehead atoms. The quantitative estimate of drug-likeness (QED) is 0.542. The van der Waals surface area contributed by atoms with E-state index in [0.717, 1.165) is 22.5 Å². The van der Waals surface area contributed by atoms with Crippen molar-refractivity contribution in [3.63, 3.8) is 0 Å². The molecule has 0 aliphatic heterocycles. The van der Waals surface area contributed by atoms with Gasteiger partial charge in [0, 0.05) is 22.2 Å². The number of anilines is 2. The van der Waals surface area contributed by atoms with Gasteiger partial charge in [0.05, 0.1) is 0 Å². The summed E-state index contributed by atoms with van der Waals surface area (Å²) in [6, 6.07) is 21.7. The molecule has 0 radical (unpaired) electrons. The molecule has 0 unspecified atom stereocenters. The molecule has 3 rings (SSSR count). The molecule has 0 saturated heterocycles. The number of nitrogen functional groups attached to an aromatic ring is 2. The number of rotatable bonds is 4. The van der Waals surface area contributed by atoms with E-state index in [4.69, 9.17) is 11.5 Å². The Balaban J connectivity index is 2.05. The van der Waals surface area contributed by atoms with Crippen molar-refractivity contribution >= 4 is 11.4 Å². The van der Waals surface area contributed by atoms with Crippen molar-refractivity contribution < 1.29 is 0 Å². The lowest BCUT2D eigenvalue weighted by Gasteiger charge is -2.31. The average molecular weight is 373 g/mol. The number of aryl methyl sites for hydroxylation is 2. The largest absolute Gasteiger partial charge is 0.399 e. The maximum atomic E-state index is 6.03. The summed E-state index contributed by atoms with van der Waals surface area (Å²) in [5, 5.41) is 0. The molecule has 0 atom stereocenters. The molecule has 0 saturated carbocycles. The summed E-state index contributed by atoms with van der Waals surface area (Å²) < 4.78 is 0. The van der Waals surface area contributed by atoms with E-state index < -0.39 is 0 Å². The van der Waals surface area contributed by atoms with Gasteiger partial charge >= 0.3 is 0 Å². The van der Waals surface area contributed by atoms with E-state index in [1.807, 2.05) is 12.1 Å². The van der Waals surface area contributed by atoms with Gasteiger partial charge in [0.2, 0.25) is 0 Å². The van der Waals surface area contributed by atoms with Crippen molar-refractivity contribution in [2.24, 2.45) is 0 Å². The highest BCUT2D eigenvalue weighted by atomic mass is 14.6. The first-order valence-electron chi connectivity index (χ1n) is 9.87. The SMILES string of the molecule is Cc1cc(C(C)(C)c2cccc(C(C)(C)c3ccc(N)c(C)c3)c2)ccc1N. The predicted molar refractivity (Wildman–Crippen MR) is 122 cm³/mol. The van der Waals surface area contributed by atoms with Crippen LogP contribution in [0.3, 0.4) is 0 Å². The van der Waals surface area contributed by atoms with Gasteiger partial charge in [-0.15, -0.1) is 0 Å². The predicted octanol–water partition coefficient (Wildman–Crippen LogP) is 6.12. The highest BCUT2D eigenvalue weighted by Gasteiger charge is 2.28. The summed E-state index contributed by atoms with van der Waals surface area (Å²) in [7, 11) is 0. The Morgan fingerprint density at radius 2 is 0.893 bits per heavy atom. The van der Waals surface area contributed by atoms with Crippen molar-refractivity contribution in [2.45, 2.75) is 52.4 Å². The van der Waals surface area contributed by atoms with E-state index in [9.17, 15) is 0 Å². The van der Waals surface area contributed by atoms with Gasteiger partial charge in [0.1, 0.15) is 0 Å². The molecule has 0 aliphatic carbocycles. The Labute approximate surface area is 169 Å². The van der Waals surface area contributed by atoms with E-state index in [0.29, 0.717) is 0 Å². The minimum Gasteiger partial charge on any atom is -0.399 e. The lowest BCUT2D eigenvalue weighted by molar-refractivity contribution is 0.617. The van der Waals surface area contributed by atoms with Crippen LogP contribution in [0.1, 0.15) is 61.1 Å². The van der Waals surface area contributed by atoms with Crippen molar-refractivity contribution in [1.82, 2.24) is 0 Å². The van der Waals surface area contributed by atoms with Crippen LogP contribution in [0.2, 0.25) is 0 Å². The summed E-state index contributed by atoms with van der Waals surface area (Å²) in [6.07, 6.45) is 0. The molecule has 0 aliphatic rings. The standard InChI is InChI=1S/C26H32N2/c1-17-14-21(10-12-23(17)27)25(3,4)19-8-7-9-20(16-19)26(5,6)22-11-13-24(28)18(2)15-22/h7-16H,27-28H2,1-6H3. The highest BCUT2D eigenvalue weighted by molar-refractivity contribution is 5.53. The van der Waals surface area contributed by atoms with Crippen LogP contribution < -0.4 is 11.5 Å². The van der Waals surface area contributed by atoms with Gasteiger partial charge in [-0.05, 0) is 59.4 Å². The van der Waals surface area contributed by atoms with Gasteiger partial charge in [0.25, 0.3) is 0 Å². The molecule has 0 aromatic heterocycles. The highest BCUT2D eigenvalue weighted by Crippen LogP contribution is 2.38. The fraction of sp³-hybridized carbons (Fsp3) is 0.308. The van der Waals surface area contributed by atoms with Gasteiger partial charge in [0.15, 0.2) is 0 Å².